The Hall–Kier alpha value is -0.570. The second-order valence-corrected chi connectivity index (χ2v) is 6.41. The van der Waals surface area contributed by atoms with Gasteiger partial charge in [0.05, 0.1) is 0 Å². The maximum absolute atomic E-state index is 12.5. The predicted octanol–water partition coefficient (Wildman–Crippen LogP) is 3.18. The lowest BCUT2D eigenvalue weighted by Gasteiger charge is -2.34. The van der Waals surface area contributed by atoms with Crippen LogP contribution in [0.5, 0.6) is 0 Å². The number of hydrogen-bond donors (Lipinski definition) is 1. The third-order valence-electron chi connectivity index (χ3n) is 4.28. The van der Waals surface area contributed by atoms with E-state index in [0.29, 0.717) is 36.8 Å². The zero-order valence-electron chi connectivity index (χ0n) is 13.0. The second kappa shape index (κ2) is 8.57. The number of carbonyl (C=O) groups is 1. The standard InChI is InChI=1S/C16H32N2O/c1-4-18(15-8-6-5-7-9-15)16(19)11-14(12-17)10-13(2)3/h13-15H,4-12,17H2,1-3H3. The zero-order chi connectivity index (χ0) is 14.3. The molecule has 0 spiro atoms. The van der Waals surface area contributed by atoms with Gasteiger partial charge in [-0.25, -0.2) is 0 Å². The molecule has 0 aliphatic heterocycles. The summed E-state index contributed by atoms with van der Waals surface area (Å²) in [7, 11) is 0. The minimum absolute atomic E-state index is 0.325. The molecule has 1 amide bonds. The van der Waals surface area contributed by atoms with E-state index >= 15 is 0 Å². The van der Waals surface area contributed by atoms with Gasteiger partial charge in [0.25, 0.3) is 0 Å². The molecule has 3 nitrogen and oxygen atoms in total. The molecule has 0 bridgehead atoms. The normalized spacial score (nSPS) is 18.6. The summed E-state index contributed by atoms with van der Waals surface area (Å²) in [6, 6.07) is 0.490. The number of nitrogens with zero attached hydrogens (tertiary/aromatic N) is 1. The molecule has 1 aliphatic rings. The first-order valence-corrected chi connectivity index (χ1v) is 8.08. The van der Waals surface area contributed by atoms with Gasteiger partial charge in [0, 0.05) is 19.0 Å². The van der Waals surface area contributed by atoms with Crippen molar-refractivity contribution in [2.24, 2.45) is 17.6 Å². The molecule has 1 fully saturated rings. The molecule has 0 aromatic heterocycles. The van der Waals surface area contributed by atoms with Crippen molar-refractivity contribution in [1.82, 2.24) is 4.90 Å². The summed E-state index contributed by atoms with van der Waals surface area (Å²) in [5.41, 5.74) is 5.82. The van der Waals surface area contributed by atoms with Crippen molar-refractivity contribution in [3.8, 4) is 0 Å². The Labute approximate surface area is 118 Å². The van der Waals surface area contributed by atoms with Crippen LogP contribution in [0.1, 0.15) is 65.7 Å². The van der Waals surface area contributed by atoms with Crippen LogP contribution in [0.25, 0.3) is 0 Å². The SMILES string of the molecule is CCN(C(=O)CC(CN)CC(C)C)C1CCCCC1. The summed E-state index contributed by atoms with van der Waals surface area (Å²) in [6.45, 7) is 7.98. The van der Waals surface area contributed by atoms with Crippen LogP contribution in [0, 0.1) is 11.8 Å². The highest BCUT2D eigenvalue weighted by atomic mass is 16.2. The molecule has 2 N–H and O–H groups in total. The van der Waals surface area contributed by atoms with E-state index in [0.717, 1.165) is 13.0 Å². The van der Waals surface area contributed by atoms with Crippen LogP contribution in [0.2, 0.25) is 0 Å². The average molecular weight is 268 g/mol. The number of nitrogens with two attached hydrogens (primary N) is 1. The molecule has 0 saturated heterocycles. The van der Waals surface area contributed by atoms with Gasteiger partial charge in [-0.15, -0.1) is 0 Å². The van der Waals surface area contributed by atoms with Gasteiger partial charge in [0.2, 0.25) is 5.91 Å². The summed E-state index contributed by atoms with van der Waals surface area (Å²) < 4.78 is 0. The van der Waals surface area contributed by atoms with Crippen molar-refractivity contribution in [2.45, 2.75) is 71.8 Å². The molecule has 112 valence electrons. The minimum atomic E-state index is 0.325. The van der Waals surface area contributed by atoms with E-state index in [1.807, 2.05) is 0 Å². The van der Waals surface area contributed by atoms with Crippen LogP contribution in [-0.2, 0) is 4.79 Å². The molecular weight excluding hydrogens is 236 g/mol. The van der Waals surface area contributed by atoms with E-state index < -0.39 is 0 Å². The topological polar surface area (TPSA) is 46.3 Å². The lowest BCUT2D eigenvalue weighted by Crippen LogP contribution is -2.42. The summed E-state index contributed by atoms with van der Waals surface area (Å²) in [6.07, 6.45) is 7.97. The van der Waals surface area contributed by atoms with Crippen LogP contribution in [0.4, 0.5) is 0 Å². The summed E-state index contributed by atoms with van der Waals surface area (Å²) in [5.74, 6) is 1.29. The molecule has 0 aromatic carbocycles. The summed E-state index contributed by atoms with van der Waals surface area (Å²) in [5, 5.41) is 0. The Morgan fingerprint density at radius 1 is 1.26 bits per heavy atom. The zero-order valence-corrected chi connectivity index (χ0v) is 13.0. The molecule has 1 saturated carbocycles. The fourth-order valence-corrected chi connectivity index (χ4v) is 3.32. The van der Waals surface area contributed by atoms with Gasteiger partial charge in [0.15, 0.2) is 0 Å². The third-order valence-corrected chi connectivity index (χ3v) is 4.28. The summed E-state index contributed by atoms with van der Waals surface area (Å²) >= 11 is 0. The van der Waals surface area contributed by atoms with Crippen LogP contribution >= 0.6 is 0 Å². The van der Waals surface area contributed by atoms with Crippen molar-refractivity contribution in [3.05, 3.63) is 0 Å². The lowest BCUT2D eigenvalue weighted by molar-refractivity contribution is -0.135. The molecule has 1 unspecified atom stereocenters. The monoisotopic (exact) mass is 268 g/mol. The highest BCUT2D eigenvalue weighted by molar-refractivity contribution is 5.76. The molecule has 1 aliphatic carbocycles. The Morgan fingerprint density at radius 3 is 2.37 bits per heavy atom. The number of amides is 1. The summed E-state index contributed by atoms with van der Waals surface area (Å²) in [4.78, 5) is 14.6. The van der Waals surface area contributed by atoms with Crippen molar-refractivity contribution in [3.63, 3.8) is 0 Å². The first-order chi connectivity index (χ1) is 9.08. The molecular formula is C16H32N2O. The molecule has 0 heterocycles. The predicted molar refractivity (Wildman–Crippen MR) is 80.9 cm³/mol. The first-order valence-electron chi connectivity index (χ1n) is 8.08. The Balaban J connectivity index is 2.51. The molecule has 19 heavy (non-hydrogen) atoms. The van der Waals surface area contributed by atoms with Gasteiger partial charge in [-0.2, -0.15) is 0 Å². The Kier molecular flexibility index (Phi) is 7.44. The maximum Gasteiger partial charge on any atom is 0.223 e. The quantitative estimate of drug-likeness (QED) is 0.771. The first kappa shape index (κ1) is 16.5. The second-order valence-electron chi connectivity index (χ2n) is 6.41. The Morgan fingerprint density at radius 2 is 1.89 bits per heavy atom. The van der Waals surface area contributed by atoms with E-state index in [1.165, 1.54) is 32.1 Å². The van der Waals surface area contributed by atoms with Gasteiger partial charge in [-0.1, -0.05) is 33.1 Å². The van der Waals surface area contributed by atoms with Crippen LogP contribution in [-0.4, -0.2) is 29.9 Å². The van der Waals surface area contributed by atoms with Crippen LogP contribution in [0.3, 0.4) is 0 Å². The number of rotatable bonds is 7. The van der Waals surface area contributed by atoms with E-state index in [4.69, 9.17) is 5.73 Å². The van der Waals surface area contributed by atoms with Gasteiger partial charge in [-0.3, -0.25) is 4.79 Å². The third kappa shape index (κ3) is 5.52. The van der Waals surface area contributed by atoms with Crippen LogP contribution in [0.15, 0.2) is 0 Å². The molecule has 3 heteroatoms. The van der Waals surface area contributed by atoms with E-state index in [-0.39, 0.29) is 0 Å². The van der Waals surface area contributed by atoms with Gasteiger partial charge >= 0.3 is 0 Å². The van der Waals surface area contributed by atoms with Gasteiger partial charge in [-0.05, 0) is 44.6 Å². The minimum Gasteiger partial charge on any atom is -0.340 e. The maximum atomic E-state index is 12.5. The molecule has 1 rings (SSSR count). The van der Waals surface area contributed by atoms with Crippen molar-refractivity contribution in [1.29, 1.82) is 0 Å². The van der Waals surface area contributed by atoms with Crippen molar-refractivity contribution < 1.29 is 4.79 Å². The fourth-order valence-electron chi connectivity index (χ4n) is 3.32. The van der Waals surface area contributed by atoms with Gasteiger partial charge in [0.1, 0.15) is 0 Å². The van der Waals surface area contributed by atoms with Crippen molar-refractivity contribution >= 4 is 5.91 Å². The highest BCUT2D eigenvalue weighted by Crippen LogP contribution is 2.24. The van der Waals surface area contributed by atoms with Gasteiger partial charge < -0.3 is 10.6 Å². The largest absolute Gasteiger partial charge is 0.340 e. The van der Waals surface area contributed by atoms with E-state index in [1.54, 1.807) is 0 Å². The lowest BCUT2D eigenvalue weighted by atomic mass is 9.91. The number of carbonyl (C=O) groups excluding carboxylic acids is 1. The van der Waals surface area contributed by atoms with E-state index in [9.17, 15) is 4.79 Å². The molecule has 0 radical (unpaired) electrons. The van der Waals surface area contributed by atoms with E-state index in [2.05, 4.69) is 25.7 Å². The Bertz CT molecular complexity index is 259. The molecule has 0 aromatic rings. The highest BCUT2D eigenvalue weighted by Gasteiger charge is 2.25. The smallest absolute Gasteiger partial charge is 0.223 e. The molecule has 1 atom stereocenters. The average Bonchev–Trinajstić information content (AvgIpc) is 2.39. The number of hydrogen-bond acceptors (Lipinski definition) is 2. The van der Waals surface area contributed by atoms with Crippen molar-refractivity contribution in [2.75, 3.05) is 13.1 Å². The fraction of sp³-hybridized carbons (Fsp3) is 0.938. The van der Waals surface area contributed by atoms with Crippen LogP contribution < -0.4 is 5.73 Å².